The smallest absolute Gasteiger partial charge is 0.311 e. The van der Waals surface area contributed by atoms with Crippen LogP contribution in [0.1, 0.15) is 77.1 Å². The average Bonchev–Trinajstić information content (AvgIpc) is 3.19. The molecule has 4 aliphatic carbocycles. The molecule has 1 heterocycles. The molecule has 198 valence electrons. The number of carbonyl (C=O) groups is 3. The summed E-state index contributed by atoms with van der Waals surface area (Å²) in [5, 5.41) is 10.6. The first-order chi connectivity index (χ1) is 16.9. The summed E-state index contributed by atoms with van der Waals surface area (Å²) in [5.41, 5.74) is -0.589. The van der Waals surface area contributed by atoms with Crippen molar-refractivity contribution in [2.24, 2.45) is 29.1 Å². The third-order valence-corrected chi connectivity index (χ3v) is 7.87. The Morgan fingerprint density at radius 1 is 1.22 bits per heavy atom. The molecule has 9 heteroatoms. The summed E-state index contributed by atoms with van der Waals surface area (Å²) >= 11 is 0. The Bertz CT molecular complexity index is 1030. The topological polar surface area (TPSA) is 112 Å². The van der Waals surface area contributed by atoms with Crippen molar-refractivity contribution in [2.45, 2.75) is 78.3 Å². The van der Waals surface area contributed by atoms with E-state index in [1.807, 2.05) is 33.8 Å². The lowest BCUT2D eigenvalue weighted by Crippen LogP contribution is -2.61. The lowest BCUT2D eigenvalue weighted by Gasteiger charge is -2.58. The fraction of sp³-hybridized carbons (Fsp3) is 0.704. The molecular weight excluding hydrogens is 460 g/mol. The number of aromatic nitrogens is 2. The molecule has 5 rings (SSSR count). The van der Waals surface area contributed by atoms with E-state index in [0.29, 0.717) is 24.0 Å². The van der Waals surface area contributed by atoms with Gasteiger partial charge in [0.25, 0.3) is 5.91 Å². The third kappa shape index (κ3) is 5.30. The predicted octanol–water partition coefficient (Wildman–Crippen LogP) is 3.40. The highest BCUT2D eigenvalue weighted by atomic mass is 16.5. The first-order valence-electron chi connectivity index (χ1n) is 13.0. The van der Waals surface area contributed by atoms with E-state index >= 15 is 0 Å². The number of carbonyl (C=O) groups excluding carboxylic acids is 3. The molecule has 4 aliphatic rings. The average molecular weight is 501 g/mol. The van der Waals surface area contributed by atoms with Crippen LogP contribution < -0.4 is 15.4 Å². The van der Waals surface area contributed by atoms with E-state index in [1.54, 1.807) is 10.9 Å². The van der Waals surface area contributed by atoms with E-state index in [0.717, 1.165) is 32.1 Å². The zero-order valence-corrected chi connectivity index (χ0v) is 22.3. The Hall–Kier alpha value is -2.84. The van der Waals surface area contributed by atoms with Crippen molar-refractivity contribution in [1.82, 2.24) is 20.4 Å². The van der Waals surface area contributed by atoms with Gasteiger partial charge in [0.2, 0.25) is 11.8 Å². The van der Waals surface area contributed by atoms with Gasteiger partial charge in [-0.05, 0) is 75.7 Å². The molecule has 4 fully saturated rings. The van der Waals surface area contributed by atoms with Crippen molar-refractivity contribution in [3.63, 3.8) is 0 Å². The molecule has 2 amide bonds. The fourth-order valence-corrected chi connectivity index (χ4v) is 6.71. The summed E-state index contributed by atoms with van der Waals surface area (Å²) in [6.45, 7) is 9.76. The molecule has 4 bridgehead atoms. The highest BCUT2D eigenvalue weighted by Crippen LogP contribution is 2.60. The number of rotatable bonds is 9. The van der Waals surface area contributed by atoms with Crippen LogP contribution in [0.4, 0.5) is 0 Å². The van der Waals surface area contributed by atoms with Crippen LogP contribution in [-0.2, 0) is 14.3 Å². The van der Waals surface area contributed by atoms with Crippen molar-refractivity contribution < 1.29 is 23.9 Å². The molecule has 9 nitrogen and oxygen atoms in total. The summed E-state index contributed by atoms with van der Waals surface area (Å²) in [4.78, 5) is 37.6. The highest BCUT2D eigenvalue weighted by Gasteiger charge is 2.59. The summed E-state index contributed by atoms with van der Waals surface area (Å²) in [7, 11) is 1.47. The normalized spacial score (nSPS) is 29.0. The maximum Gasteiger partial charge on any atom is 0.311 e. The van der Waals surface area contributed by atoms with Crippen molar-refractivity contribution in [1.29, 1.82) is 0 Å². The van der Waals surface area contributed by atoms with E-state index in [-0.39, 0.29) is 47.0 Å². The molecular formula is C27H40N4O5. The summed E-state index contributed by atoms with van der Waals surface area (Å²) < 4.78 is 12.8. The van der Waals surface area contributed by atoms with Gasteiger partial charge in [-0.2, -0.15) is 5.10 Å². The summed E-state index contributed by atoms with van der Waals surface area (Å²) in [6.07, 6.45) is 9.60. The fourth-order valence-electron chi connectivity index (χ4n) is 6.71. The number of amides is 2. The Balaban J connectivity index is 1.53. The second-order valence-electron chi connectivity index (χ2n) is 12.0. The largest absolute Gasteiger partial charge is 0.477 e. The molecule has 0 aromatic carbocycles. The van der Waals surface area contributed by atoms with Crippen LogP contribution in [0.3, 0.4) is 0 Å². The van der Waals surface area contributed by atoms with Crippen LogP contribution in [-0.4, -0.2) is 52.9 Å². The number of hydrogen-bond acceptors (Lipinski definition) is 6. The molecule has 0 aliphatic heterocycles. The maximum atomic E-state index is 13.5. The molecule has 2 N–H and O–H groups in total. The standard InChI is InChI=1S/C27H40N4O5/c1-16(2)15-36-24-21(14-28-31(24)8-7-26(4,5)30-17(3)32)23(33)29-22-19-9-18-10-20(22)13-27(11-18,12-19)25(34)35-6/h7-8,14,16,18-20,22H,9-13,15H2,1-6H3,(H,29,33)(H,30,32)/b8-7+. The monoisotopic (exact) mass is 500 g/mol. The SMILES string of the molecule is COC(=O)C12CC3CC(C1)C(NC(=O)c1cnn(/C=C/C(C)(C)NC(C)=O)c1OCC(C)C)C(C3)C2. The van der Waals surface area contributed by atoms with Gasteiger partial charge in [0.05, 0.1) is 30.9 Å². The number of nitrogens with one attached hydrogen (secondary N) is 2. The van der Waals surface area contributed by atoms with Crippen LogP contribution in [0, 0.1) is 29.1 Å². The summed E-state index contributed by atoms with van der Waals surface area (Å²) in [6, 6.07) is 0.0300. The van der Waals surface area contributed by atoms with Crippen molar-refractivity contribution in [3.05, 3.63) is 17.8 Å². The van der Waals surface area contributed by atoms with E-state index in [9.17, 15) is 14.4 Å². The first kappa shape index (κ1) is 26.2. The van der Waals surface area contributed by atoms with Gasteiger partial charge in [0.1, 0.15) is 5.56 Å². The van der Waals surface area contributed by atoms with Crippen molar-refractivity contribution in [2.75, 3.05) is 13.7 Å². The van der Waals surface area contributed by atoms with E-state index < -0.39 is 5.54 Å². The molecule has 1 aromatic rings. The maximum absolute atomic E-state index is 13.5. The molecule has 4 saturated carbocycles. The quantitative estimate of drug-likeness (QED) is 0.503. The van der Waals surface area contributed by atoms with Gasteiger partial charge in [-0.25, -0.2) is 4.68 Å². The third-order valence-electron chi connectivity index (χ3n) is 7.87. The molecule has 36 heavy (non-hydrogen) atoms. The van der Waals surface area contributed by atoms with Gasteiger partial charge in [-0.1, -0.05) is 13.8 Å². The second kappa shape index (κ2) is 9.90. The molecule has 2 atom stereocenters. The van der Waals surface area contributed by atoms with E-state index in [1.165, 1.54) is 20.2 Å². The number of methoxy groups -OCH3 is 1. The number of esters is 1. The van der Waals surface area contributed by atoms with Crippen LogP contribution >= 0.6 is 0 Å². The lowest BCUT2D eigenvalue weighted by atomic mass is 9.48. The van der Waals surface area contributed by atoms with Crippen LogP contribution in [0.15, 0.2) is 12.3 Å². The van der Waals surface area contributed by atoms with Gasteiger partial charge < -0.3 is 20.1 Å². The Labute approximate surface area is 213 Å². The Kier molecular flexibility index (Phi) is 7.21. The summed E-state index contributed by atoms with van der Waals surface area (Å²) in [5.74, 6) is 1.28. The van der Waals surface area contributed by atoms with Crippen molar-refractivity contribution in [3.8, 4) is 5.88 Å². The zero-order valence-electron chi connectivity index (χ0n) is 22.3. The molecule has 0 spiro atoms. The minimum atomic E-state index is -0.592. The Morgan fingerprint density at radius 2 is 1.89 bits per heavy atom. The minimum Gasteiger partial charge on any atom is -0.477 e. The second-order valence-corrected chi connectivity index (χ2v) is 12.0. The van der Waals surface area contributed by atoms with Crippen molar-refractivity contribution >= 4 is 24.0 Å². The Morgan fingerprint density at radius 3 is 2.47 bits per heavy atom. The van der Waals surface area contributed by atoms with Gasteiger partial charge in [0.15, 0.2) is 0 Å². The molecule has 0 saturated heterocycles. The van der Waals surface area contributed by atoms with Crippen LogP contribution in [0.25, 0.3) is 6.20 Å². The zero-order chi connectivity index (χ0) is 26.3. The van der Waals surface area contributed by atoms with Gasteiger partial charge in [-0.15, -0.1) is 0 Å². The van der Waals surface area contributed by atoms with E-state index in [2.05, 4.69) is 15.7 Å². The minimum absolute atomic E-state index is 0.0300. The molecule has 2 unspecified atom stereocenters. The van der Waals surface area contributed by atoms with Crippen LogP contribution in [0.5, 0.6) is 5.88 Å². The van der Waals surface area contributed by atoms with Crippen LogP contribution in [0.2, 0.25) is 0 Å². The lowest BCUT2D eigenvalue weighted by molar-refractivity contribution is -0.170. The number of ether oxygens (including phenoxy) is 2. The highest BCUT2D eigenvalue weighted by molar-refractivity contribution is 5.96. The van der Waals surface area contributed by atoms with Gasteiger partial charge in [0, 0.05) is 19.2 Å². The van der Waals surface area contributed by atoms with E-state index in [4.69, 9.17) is 9.47 Å². The molecule has 1 aromatic heterocycles. The predicted molar refractivity (Wildman–Crippen MR) is 135 cm³/mol. The van der Waals surface area contributed by atoms with Gasteiger partial charge in [-0.3, -0.25) is 14.4 Å². The molecule has 0 radical (unpaired) electrons. The first-order valence-corrected chi connectivity index (χ1v) is 13.0. The van der Waals surface area contributed by atoms with Gasteiger partial charge >= 0.3 is 5.97 Å². The number of hydrogen-bond donors (Lipinski definition) is 2. The number of nitrogens with zero attached hydrogens (tertiary/aromatic N) is 2.